The number of aromatic nitrogens is 1. The Bertz CT molecular complexity index is 1590. The van der Waals surface area contributed by atoms with Crippen molar-refractivity contribution in [3.05, 3.63) is 99.8 Å². The maximum absolute atomic E-state index is 14.1. The minimum Gasteiger partial charge on any atom is -0.390 e. The van der Waals surface area contributed by atoms with Gasteiger partial charge in [-0.15, -0.1) is 12.4 Å². The van der Waals surface area contributed by atoms with E-state index in [2.05, 4.69) is 20.9 Å². The number of carbonyl (C=O) groups excluding carboxylic acids is 2. The van der Waals surface area contributed by atoms with Gasteiger partial charge in [-0.25, -0.2) is 22.2 Å². The smallest absolute Gasteiger partial charge is 0.253 e. The number of rotatable bonds is 19. The van der Waals surface area contributed by atoms with Crippen LogP contribution in [0.1, 0.15) is 73.5 Å². The quantitative estimate of drug-likeness (QED) is 0.122. The SMILES string of the molecule is CCCC(CCC)S(=O)(=O)CC(NC(=O)c1ccc(Cl)nc1)C(=O)N[C@@H](Cc1cc(F)cc(F)c1)[C@H](O)CNCc1cccc(CC)c1.Cl. The second-order valence-electron chi connectivity index (χ2n) is 11.9. The van der Waals surface area contributed by atoms with Gasteiger partial charge in [-0.05, 0) is 66.6 Å². The second kappa shape index (κ2) is 20.5. The standard InChI is InChI=1S/C35H45ClF2N4O5S.ClH/c1-4-8-29(9-5-2)48(46,47)22-31(42-34(44)26-12-13-33(36)40-20-26)35(45)41-30(17-25-15-27(37)18-28(38)16-25)32(43)21-39-19-24-11-7-10-23(6-3)14-24;/h7,10-16,18,20,29-32,39,43H,4-6,8-9,17,19,21-22H2,1-3H3,(H,41,45)(H,42,44);1H/t30-,31?,32+;/m0./s1. The van der Waals surface area contributed by atoms with Gasteiger partial charge in [0.15, 0.2) is 9.84 Å². The highest BCUT2D eigenvalue weighted by atomic mass is 35.5. The van der Waals surface area contributed by atoms with E-state index in [9.17, 15) is 31.9 Å². The summed E-state index contributed by atoms with van der Waals surface area (Å²) in [6, 6.07) is 10.9. The molecule has 0 aliphatic heterocycles. The Kier molecular flexibility index (Phi) is 17.6. The number of hydrogen-bond acceptors (Lipinski definition) is 7. The summed E-state index contributed by atoms with van der Waals surface area (Å²) in [6.07, 6.45) is 2.60. The topological polar surface area (TPSA) is 137 Å². The van der Waals surface area contributed by atoms with Crippen LogP contribution < -0.4 is 16.0 Å². The molecule has 1 aromatic heterocycles. The molecule has 0 fully saturated rings. The lowest BCUT2D eigenvalue weighted by Crippen LogP contribution is -2.57. The zero-order valence-electron chi connectivity index (χ0n) is 27.9. The maximum Gasteiger partial charge on any atom is 0.253 e. The Hall–Kier alpha value is -3.16. The normalized spacial score (nSPS) is 13.3. The number of nitrogens with one attached hydrogen (secondary N) is 3. The van der Waals surface area contributed by atoms with E-state index in [4.69, 9.17) is 11.6 Å². The van der Waals surface area contributed by atoms with Crippen molar-refractivity contribution in [2.24, 2.45) is 0 Å². The van der Waals surface area contributed by atoms with Crippen molar-refractivity contribution in [3.63, 3.8) is 0 Å². The van der Waals surface area contributed by atoms with Crippen molar-refractivity contribution in [2.75, 3.05) is 12.3 Å². The molecule has 3 atom stereocenters. The van der Waals surface area contributed by atoms with Crippen LogP contribution >= 0.6 is 24.0 Å². The van der Waals surface area contributed by atoms with Crippen LogP contribution in [-0.4, -0.2) is 66.1 Å². The summed E-state index contributed by atoms with van der Waals surface area (Å²) in [7, 11) is -3.89. The van der Waals surface area contributed by atoms with Crippen LogP contribution in [-0.2, 0) is 34.0 Å². The molecule has 0 radical (unpaired) electrons. The van der Waals surface area contributed by atoms with Crippen LogP contribution in [0.2, 0.25) is 5.15 Å². The van der Waals surface area contributed by atoms with E-state index in [1.165, 1.54) is 18.3 Å². The van der Waals surface area contributed by atoms with Crippen molar-refractivity contribution in [2.45, 2.75) is 89.3 Å². The maximum atomic E-state index is 14.1. The molecule has 3 aromatic rings. The summed E-state index contributed by atoms with van der Waals surface area (Å²) in [5.41, 5.74) is 2.34. The molecule has 270 valence electrons. The third kappa shape index (κ3) is 13.6. The predicted octanol–water partition coefficient (Wildman–Crippen LogP) is 5.36. The van der Waals surface area contributed by atoms with Crippen LogP contribution in [0, 0.1) is 11.6 Å². The monoisotopic (exact) mass is 742 g/mol. The summed E-state index contributed by atoms with van der Waals surface area (Å²) >= 11 is 5.85. The molecular weight excluding hydrogens is 697 g/mol. The van der Waals surface area contributed by atoms with Gasteiger partial charge in [0.2, 0.25) is 5.91 Å². The number of benzene rings is 2. The number of aliphatic hydroxyl groups excluding tert-OH is 1. The van der Waals surface area contributed by atoms with Gasteiger partial charge in [0.05, 0.1) is 28.7 Å². The Morgan fingerprint density at radius 1 is 0.918 bits per heavy atom. The molecule has 2 aromatic carbocycles. The fraction of sp³-hybridized carbons (Fsp3) is 0.457. The highest BCUT2D eigenvalue weighted by Crippen LogP contribution is 2.18. The van der Waals surface area contributed by atoms with Gasteiger partial charge in [0.1, 0.15) is 22.8 Å². The molecule has 2 amide bonds. The first-order valence-corrected chi connectivity index (χ1v) is 18.3. The molecule has 9 nitrogen and oxygen atoms in total. The summed E-state index contributed by atoms with van der Waals surface area (Å²) < 4.78 is 55.4. The third-order valence-electron chi connectivity index (χ3n) is 7.99. The number of hydrogen-bond donors (Lipinski definition) is 4. The molecule has 0 aliphatic carbocycles. The molecule has 14 heteroatoms. The first-order valence-electron chi connectivity index (χ1n) is 16.2. The van der Waals surface area contributed by atoms with E-state index in [0.717, 1.165) is 29.7 Å². The molecule has 1 heterocycles. The molecule has 0 aliphatic rings. The third-order valence-corrected chi connectivity index (χ3v) is 10.5. The van der Waals surface area contributed by atoms with Gasteiger partial charge in [0.25, 0.3) is 5.91 Å². The number of nitrogens with zero attached hydrogens (tertiary/aromatic N) is 1. The van der Waals surface area contributed by atoms with Gasteiger partial charge in [0, 0.05) is 25.4 Å². The average Bonchev–Trinajstić information content (AvgIpc) is 3.03. The van der Waals surface area contributed by atoms with Crippen molar-refractivity contribution >= 4 is 45.7 Å². The Morgan fingerprint density at radius 2 is 1.57 bits per heavy atom. The summed E-state index contributed by atoms with van der Waals surface area (Å²) in [5, 5.41) is 19.0. The van der Waals surface area contributed by atoms with E-state index >= 15 is 0 Å². The van der Waals surface area contributed by atoms with Gasteiger partial charge >= 0.3 is 0 Å². The van der Waals surface area contributed by atoms with Crippen LogP contribution in [0.4, 0.5) is 8.78 Å². The lowest BCUT2D eigenvalue weighted by molar-refractivity contribution is -0.124. The molecule has 1 unspecified atom stereocenters. The summed E-state index contributed by atoms with van der Waals surface area (Å²) in [4.78, 5) is 30.9. The fourth-order valence-electron chi connectivity index (χ4n) is 5.47. The van der Waals surface area contributed by atoms with E-state index < -0.39 is 62.5 Å². The molecule has 3 rings (SSSR count). The van der Waals surface area contributed by atoms with E-state index in [1.54, 1.807) is 0 Å². The first-order chi connectivity index (χ1) is 22.8. The number of halogens is 4. The largest absolute Gasteiger partial charge is 0.390 e. The van der Waals surface area contributed by atoms with E-state index in [0.29, 0.717) is 38.3 Å². The number of amides is 2. The molecule has 0 spiro atoms. The van der Waals surface area contributed by atoms with Gasteiger partial charge in [-0.3, -0.25) is 9.59 Å². The van der Waals surface area contributed by atoms with Gasteiger partial charge < -0.3 is 21.1 Å². The molecule has 0 saturated carbocycles. The predicted molar refractivity (Wildman–Crippen MR) is 191 cm³/mol. The lowest BCUT2D eigenvalue weighted by atomic mass is 10.00. The van der Waals surface area contributed by atoms with Crippen LogP contribution in [0.3, 0.4) is 0 Å². The van der Waals surface area contributed by atoms with E-state index in [-0.39, 0.29) is 41.7 Å². The Labute approximate surface area is 299 Å². The van der Waals surface area contributed by atoms with Gasteiger partial charge in [-0.1, -0.05) is 69.5 Å². The minimum atomic E-state index is -3.89. The molecule has 49 heavy (non-hydrogen) atoms. The molecule has 0 saturated heterocycles. The van der Waals surface area contributed by atoms with Crippen molar-refractivity contribution in [1.29, 1.82) is 0 Å². The highest BCUT2D eigenvalue weighted by molar-refractivity contribution is 7.92. The number of aryl methyl sites for hydroxylation is 1. The molecule has 0 bridgehead atoms. The number of aliphatic hydroxyl groups is 1. The molecular formula is C35H46Cl2F2N4O5S. The average molecular weight is 744 g/mol. The van der Waals surface area contributed by atoms with Crippen LogP contribution in [0.25, 0.3) is 0 Å². The van der Waals surface area contributed by atoms with Gasteiger partial charge in [-0.2, -0.15) is 0 Å². The Balaban J connectivity index is 0.00000833. The lowest BCUT2D eigenvalue weighted by Gasteiger charge is -2.28. The zero-order valence-corrected chi connectivity index (χ0v) is 30.3. The first kappa shape index (κ1) is 42.0. The van der Waals surface area contributed by atoms with Crippen LogP contribution in [0.5, 0.6) is 0 Å². The van der Waals surface area contributed by atoms with E-state index in [1.807, 2.05) is 45.0 Å². The number of carbonyl (C=O) groups is 2. The second-order valence-corrected chi connectivity index (χ2v) is 14.6. The van der Waals surface area contributed by atoms with Crippen molar-refractivity contribution < 1.29 is 31.9 Å². The zero-order chi connectivity index (χ0) is 35.3. The highest BCUT2D eigenvalue weighted by Gasteiger charge is 2.34. The Morgan fingerprint density at radius 3 is 2.16 bits per heavy atom. The molecule has 4 N–H and O–H groups in total. The summed E-state index contributed by atoms with van der Waals surface area (Å²) in [5.74, 6) is -3.98. The number of sulfone groups is 1. The summed E-state index contributed by atoms with van der Waals surface area (Å²) in [6.45, 7) is 6.17. The van der Waals surface area contributed by atoms with Crippen molar-refractivity contribution in [1.82, 2.24) is 20.9 Å². The minimum absolute atomic E-state index is 0. The van der Waals surface area contributed by atoms with Crippen molar-refractivity contribution in [3.8, 4) is 0 Å². The van der Waals surface area contributed by atoms with Crippen LogP contribution in [0.15, 0.2) is 60.8 Å². The number of pyridine rings is 1. The fourth-order valence-corrected chi connectivity index (χ4v) is 7.74.